The fourth-order valence-electron chi connectivity index (χ4n) is 12.5. The van der Waals surface area contributed by atoms with Crippen LogP contribution in [0.3, 0.4) is 0 Å². The average Bonchev–Trinajstić information content (AvgIpc) is 3.51. The van der Waals surface area contributed by atoms with E-state index in [9.17, 15) is 19.8 Å². The number of aliphatic hydroxyl groups is 2. The minimum absolute atomic E-state index is 0.0233. The number of nitrogens with one attached hydrogen (secondary N) is 1. The van der Waals surface area contributed by atoms with Crippen molar-refractivity contribution in [3.8, 4) is 0 Å². The van der Waals surface area contributed by atoms with Crippen molar-refractivity contribution in [1.29, 1.82) is 0 Å². The van der Waals surface area contributed by atoms with Gasteiger partial charge in [-0.15, -0.1) is 0 Å². The van der Waals surface area contributed by atoms with E-state index in [4.69, 9.17) is 4.74 Å². The number of hydrogen-bond donors (Lipinski definition) is 3. The first-order chi connectivity index (χ1) is 42.0. The number of unbranched alkanes of at least 4 members (excludes halogenated alkanes) is 61. The predicted octanol–water partition coefficient (Wildman–Crippen LogP) is 25.7. The van der Waals surface area contributed by atoms with Crippen molar-refractivity contribution in [2.75, 3.05) is 13.2 Å². The summed E-state index contributed by atoms with van der Waals surface area (Å²) in [7, 11) is 0. The molecule has 0 saturated heterocycles. The number of carbonyl (C=O) groups excluding carboxylic acids is 2. The maximum atomic E-state index is 12.5. The number of allylic oxidation sites excluding steroid dienone is 3. The van der Waals surface area contributed by atoms with Crippen LogP contribution in [-0.2, 0) is 14.3 Å². The molecule has 0 aromatic carbocycles. The van der Waals surface area contributed by atoms with Crippen molar-refractivity contribution in [2.45, 2.75) is 456 Å². The first-order valence-electron chi connectivity index (χ1n) is 39.1. The number of aliphatic hydroxyl groups excluding tert-OH is 2. The molecule has 0 aliphatic rings. The highest BCUT2D eigenvalue weighted by atomic mass is 16.5. The van der Waals surface area contributed by atoms with Gasteiger partial charge in [0.05, 0.1) is 25.4 Å². The lowest BCUT2D eigenvalue weighted by atomic mass is 10.0. The van der Waals surface area contributed by atoms with Gasteiger partial charge in [0.2, 0.25) is 5.91 Å². The molecule has 2 unspecified atom stereocenters. The van der Waals surface area contributed by atoms with E-state index in [2.05, 4.69) is 31.3 Å². The van der Waals surface area contributed by atoms with Gasteiger partial charge >= 0.3 is 5.97 Å². The van der Waals surface area contributed by atoms with Crippen molar-refractivity contribution in [2.24, 2.45) is 0 Å². The zero-order valence-corrected chi connectivity index (χ0v) is 57.9. The van der Waals surface area contributed by atoms with Crippen LogP contribution in [0, 0.1) is 0 Å². The summed E-state index contributed by atoms with van der Waals surface area (Å²) in [6.45, 7) is 4.96. The Hall–Kier alpha value is -1.66. The number of hydrogen-bond acceptors (Lipinski definition) is 5. The summed E-state index contributed by atoms with van der Waals surface area (Å²) >= 11 is 0. The third kappa shape index (κ3) is 71.3. The minimum Gasteiger partial charge on any atom is -0.466 e. The Morgan fingerprint density at radius 3 is 0.835 bits per heavy atom. The summed E-state index contributed by atoms with van der Waals surface area (Å²) in [6.07, 6.45) is 95.8. The Balaban J connectivity index is 3.35. The van der Waals surface area contributed by atoms with E-state index in [0.717, 1.165) is 38.5 Å². The highest BCUT2D eigenvalue weighted by Gasteiger charge is 2.18. The maximum absolute atomic E-state index is 12.5. The zero-order valence-electron chi connectivity index (χ0n) is 57.9. The summed E-state index contributed by atoms with van der Waals surface area (Å²) < 4.78 is 5.52. The molecule has 1 amide bonds. The van der Waals surface area contributed by atoms with Crippen LogP contribution < -0.4 is 5.32 Å². The number of esters is 1. The van der Waals surface area contributed by atoms with E-state index in [0.29, 0.717) is 19.4 Å². The van der Waals surface area contributed by atoms with Crippen LogP contribution in [0.1, 0.15) is 444 Å². The Kier molecular flexibility index (Phi) is 73.3. The highest BCUT2D eigenvalue weighted by Crippen LogP contribution is 2.20. The van der Waals surface area contributed by atoms with Crippen molar-refractivity contribution >= 4 is 11.9 Å². The second-order valence-corrected chi connectivity index (χ2v) is 27.0. The summed E-state index contributed by atoms with van der Waals surface area (Å²) in [5.41, 5.74) is 0. The molecule has 0 spiro atoms. The Morgan fingerprint density at radius 2 is 0.553 bits per heavy atom. The normalized spacial score (nSPS) is 12.6. The van der Waals surface area contributed by atoms with Gasteiger partial charge in [-0.25, -0.2) is 0 Å². The summed E-state index contributed by atoms with van der Waals surface area (Å²) in [5.74, 6) is -0.0380. The number of ether oxygens (including phenoxy) is 1. The van der Waals surface area contributed by atoms with Gasteiger partial charge in [-0.2, -0.15) is 0 Å². The molecule has 0 aliphatic carbocycles. The molecule has 85 heavy (non-hydrogen) atoms. The van der Waals surface area contributed by atoms with Crippen molar-refractivity contribution in [1.82, 2.24) is 5.32 Å². The van der Waals surface area contributed by atoms with Crippen LogP contribution in [0.25, 0.3) is 0 Å². The van der Waals surface area contributed by atoms with Crippen LogP contribution in [0.15, 0.2) is 24.3 Å². The maximum Gasteiger partial charge on any atom is 0.305 e. The highest BCUT2D eigenvalue weighted by molar-refractivity contribution is 5.76. The van der Waals surface area contributed by atoms with E-state index in [1.165, 1.54) is 379 Å². The fraction of sp³-hybridized carbons (Fsp3) is 0.924. The molecule has 6 heteroatoms. The van der Waals surface area contributed by atoms with Crippen molar-refractivity contribution in [3.05, 3.63) is 24.3 Å². The fourth-order valence-corrected chi connectivity index (χ4v) is 12.5. The Morgan fingerprint density at radius 1 is 0.318 bits per heavy atom. The second kappa shape index (κ2) is 74.8. The molecule has 0 radical (unpaired) electrons. The molecule has 2 atom stereocenters. The number of amides is 1. The lowest BCUT2D eigenvalue weighted by Crippen LogP contribution is -2.45. The van der Waals surface area contributed by atoms with Crippen molar-refractivity contribution in [3.63, 3.8) is 0 Å². The average molecular weight is 1200 g/mol. The SMILES string of the molecule is CCCCCCCCCCCCCCCCCC/C=C/C(O)C(CO)NC(=O)CCCCCCCCCCCCCCCCCC/C=C\CCCCCCCCCCCCCCOC(=O)CCCCCCCCCCCCCCCCCCCC. The van der Waals surface area contributed by atoms with Gasteiger partial charge in [0.25, 0.3) is 0 Å². The van der Waals surface area contributed by atoms with E-state index in [-0.39, 0.29) is 18.5 Å². The third-order valence-corrected chi connectivity index (χ3v) is 18.5. The lowest BCUT2D eigenvalue weighted by Gasteiger charge is -2.20. The molecule has 0 rings (SSSR count). The topological polar surface area (TPSA) is 95.9 Å². The second-order valence-electron chi connectivity index (χ2n) is 27.0. The third-order valence-electron chi connectivity index (χ3n) is 18.5. The van der Waals surface area contributed by atoms with Gasteiger partial charge in [-0.05, 0) is 57.8 Å². The Bertz CT molecular complexity index is 1330. The van der Waals surface area contributed by atoms with Crippen LogP contribution in [-0.4, -0.2) is 47.4 Å². The summed E-state index contributed by atoms with van der Waals surface area (Å²) in [4.78, 5) is 24.6. The molecule has 0 aromatic heterocycles. The molecular formula is C79H153NO5. The van der Waals surface area contributed by atoms with Gasteiger partial charge in [-0.3, -0.25) is 9.59 Å². The van der Waals surface area contributed by atoms with E-state index in [1.807, 2.05) is 6.08 Å². The molecule has 3 N–H and O–H groups in total. The van der Waals surface area contributed by atoms with Gasteiger partial charge in [0, 0.05) is 12.8 Å². The van der Waals surface area contributed by atoms with Crippen LogP contribution >= 0.6 is 0 Å². The number of rotatable bonds is 74. The van der Waals surface area contributed by atoms with Gasteiger partial charge < -0.3 is 20.3 Å². The largest absolute Gasteiger partial charge is 0.466 e. The van der Waals surface area contributed by atoms with Gasteiger partial charge in [-0.1, -0.05) is 398 Å². The standard InChI is InChI=1S/C79H153NO5/c1-3-5-7-9-11-13-15-17-19-21-39-43-47-51-55-59-63-67-71-77(82)76(75-81)80-78(83)72-68-64-60-56-52-48-44-40-37-35-33-31-29-27-25-23-24-26-28-30-32-34-36-38-42-46-50-54-58-62-66-70-74-85-79(84)73-69-65-61-57-53-49-45-41-22-20-18-16-14-12-10-8-6-4-2/h26,28,67,71,76-77,81-82H,3-25,27,29-66,68-70,72-75H2,1-2H3,(H,80,83)/b28-26-,71-67+. The molecule has 0 aromatic rings. The first kappa shape index (κ1) is 83.3. The smallest absolute Gasteiger partial charge is 0.305 e. The van der Waals surface area contributed by atoms with E-state index >= 15 is 0 Å². The van der Waals surface area contributed by atoms with E-state index in [1.54, 1.807) is 6.08 Å². The quantitative estimate of drug-likeness (QED) is 0.0320. The molecule has 0 fully saturated rings. The first-order valence-corrected chi connectivity index (χ1v) is 39.1. The molecule has 6 nitrogen and oxygen atoms in total. The molecule has 0 aliphatic heterocycles. The van der Waals surface area contributed by atoms with E-state index < -0.39 is 12.1 Å². The summed E-state index contributed by atoms with van der Waals surface area (Å²) in [6, 6.07) is -0.626. The van der Waals surface area contributed by atoms with Gasteiger partial charge in [0.1, 0.15) is 0 Å². The summed E-state index contributed by atoms with van der Waals surface area (Å²) in [5, 5.41) is 23.2. The van der Waals surface area contributed by atoms with Crippen molar-refractivity contribution < 1.29 is 24.5 Å². The van der Waals surface area contributed by atoms with Crippen LogP contribution in [0.5, 0.6) is 0 Å². The lowest BCUT2D eigenvalue weighted by molar-refractivity contribution is -0.143. The van der Waals surface area contributed by atoms with Gasteiger partial charge in [0.15, 0.2) is 0 Å². The minimum atomic E-state index is -0.843. The molecular weight excluding hydrogens is 1040 g/mol. The predicted molar refractivity (Wildman–Crippen MR) is 375 cm³/mol. The van der Waals surface area contributed by atoms with Crippen LogP contribution in [0.4, 0.5) is 0 Å². The molecule has 0 saturated carbocycles. The molecule has 0 heterocycles. The molecule has 0 bridgehead atoms. The molecule has 504 valence electrons. The monoisotopic (exact) mass is 1200 g/mol. The zero-order chi connectivity index (χ0) is 61.3. The van der Waals surface area contributed by atoms with Crippen LogP contribution in [0.2, 0.25) is 0 Å². The Labute approximate surface area is 532 Å². The number of carbonyl (C=O) groups is 2.